The topological polar surface area (TPSA) is 38.9 Å². The van der Waals surface area contributed by atoms with Crippen molar-refractivity contribution < 1.29 is 4.42 Å². The average Bonchev–Trinajstić information content (AvgIpc) is 2.69. The van der Waals surface area contributed by atoms with Gasteiger partial charge in [-0.2, -0.15) is 0 Å². The highest BCUT2D eigenvalue weighted by Gasteiger charge is 2.39. The van der Waals surface area contributed by atoms with Crippen molar-refractivity contribution in [1.29, 1.82) is 0 Å². The summed E-state index contributed by atoms with van der Waals surface area (Å²) in [5.41, 5.74) is 0.277. The van der Waals surface area contributed by atoms with Crippen molar-refractivity contribution in [2.24, 2.45) is 5.41 Å². The van der Waals surface area contributed by atoms with Crippen LogP contribution in [0.1, 0.15) is 63.1 Å². The van der Waals surface area contributed by atoms with Crippen molar-refractivity contribution in [3.05, 3.63) is 11.8 Å². The summed E-state index contributed by atoms with van der Waals surface area (Å²) in [6.07, 6.45) is 3.61. The maximum atomic E-state index is 5.90. The molecule has 2 unspecified atom stereocenters. The summed E-state index contributed by atoms with van der Waals surface area (Å²) in [5.74, 6) is 1.70. The van der Waals surface area contributed by atoms with Gasteiger partial charge in [0.1, 0.15) is 5.38 Å². The predicted molar refractivity (Wildman–Crippen MR) is 58.9 cm³/mol. The van der Waals surface area contributed by atoms with Gasteiger partial charge in [-0.3, -0.25) is 0 Å². The lowest BCUT2D eigenvalue weighted by atomic mass is 9.82. The fraction of sp³-hybridized carbons (Fsp3) is 0.818. The zero-order valence-electron chi connectivity index (χ0n) is 9.46. The van der Waals surface area contributed by atoms with Gasteiger partial charge in [0.15, 0.2) is 0 Å². The maximum Gasteiger partial charge on any atom is 0.234 e. The molecule has 1 aliphatic carbocycles. The first-order chi connectivity index (χ1) is 7.00. The van der Waals surface area contributed by atoms with Crippen LogP contribution in [0.4, 0.5) is 0 Å². The van der Waals surface area contributed by atoms with Crippen LogP contribution in [-0.2, 0) is 0 Å². The van der Waals surface area contributed by atoms with E-state index in [2.05, 4.69) is 24.0 Å². The van der Waals surface area contributed by atoms with E-state index in [1.54, 1.807) is 0 Å². The number of alkyl halides is 1. The molecule has 1 aromatic heterocycles. The third-order valence-corrected chi connectivity index (χ3v) is 3.54. The SMILES string of the molecule is CC(Cl)c1nnc(C2CCCC2(C)C)o1. The highest BCUT2D eigenvalue weighted by Crippen LogP contribution is 2.48. The molecule has 15 heavy (non-hydrogen) atoms. The van der Waals surface area contributed by atoms with Crippen LogP contribution in [0.3, 0.4) is 0 Å². The van der Waals surface area contributed by atoms with Crippen LogP contribution in [-0.4, -0.2) is 10.2 Å². The van der Waals surface area contributed by atoms with Crippen molar-refractivity contribution in [1.82, 2.24) is 10.2 Å². The van der Waals surface area contributed by atoms with E-state index in [4.69, 9.17) is 16.0 Å². The first kappa shape index (κ1) is 10.9. The Morgan fingerprint density at radius 3 is 2.67 bits per heavy atom. The van der Waals surface area contributed by atoms with Crippen molar-refractivity contribution in [2.45, 2.75) is 51.3 Å². The molecule has 3 nitrogen and oxygen atoms in total. The summed E-state index contributed by atoms with van der Waals surface area (Å²) >= 11 is 5.90. The van der Waals surface area contributed by atoms with Crippen LogP contribution < -0.4 is 0 Å². The zero-order chi connectivity index (χ0) is 11.1. The molecule has 2 atom stereocenters. The minimum absolute atomic E-state index is 0.198. The van der Waals surface area contributed by atoms with Gasteiger partial charge < -0.3 is 4.42 Å². The summed E-state index contributed by atoms with van der Waals surface area (Å²) in [6.45, 7) is 6.37. The molecular formula is C11H17ClN2O. The van der Waals surface area contributed by atoms with Crippen LogP contribution in [0.2, 0.25) is 0 Å². The number of rotatable bonds is 2. The summed E-state index contributed by atoms with van der Waals surface area (Å²) in [7, 11) is 0. The zero-order valence-corrected chi connectivity index (χ0v) is 10.2. The molecule has 0 radical (unpaired) electrons. The average molecular weight is 229 g/mol. The van der Waals surface area contributed by atoms with E-state index in [0.29, 0.717) is 11.8 Å². The molecule has 0 aliphatic heterocycles. The van der Waals surface area contributed by atoms with E-state index in [0.717, 1.165) is 12.3 Å². The summed E-state index contributed by atoms with van der Waals surface area (Å²) in [6, 6.07) is 0. The van der Waals surface area contributed by atoms with Crippen molar-refractivity contribution in [3.8, 4) is 0 Å². The summed E-state index contributed by atoms with van der Waals surface area (Å²) in [4.78, 5) is 0. The van der Waals surface area contributed by atoms with Crippen LogP contribution in [0.5, 0.6) is 0 Å². The number of nitrogens with zero attached hydrogens (tertiary/aromatic N) is 2. The second kappa shape index (κ2) is 3.78. The van der Waals surface area contributed by atoms with E-state index in [1.807, 2.05) is 6.92 Å². The van der Waals surface area contributed by atoms with Gasteiger partial charge in [-0.1, -0.05) is 20.3 Å². The fourth-order valence-electron chi connectivity index (χ4n) is 2.33. The largest absolute Gasteiger partial charge is 0.423 e. The second-order valence-electron chi connectivity index (χ2n) is 5.03. The fourth-order valence-corrected chi connectivity index (χ4v) is 2.42. The smallest absolute Gasteiger partial charge is 0.234 e. The lowest BCUT2D eigenvalue weighted by Gasteiger charge is -2.23. The minimum atomic E-state index is -0.198. The molecule has 1 aliphatic rings. The van der Waals surface area contributed by atoms with E-state index >= 15 is 0 Å². The Morgan fingerprint density at radius 2 is 2.20 bits per heavy atom. The molecule has 2 rings (SSSR count). The van der Waals surface area contributed by atoms with Gasteiger partial charge in [0, 0.05) is 5.92 Å². The number of hydrogen-bond donors (Lipinski definition) is 0. The van der Waals surface area contributed by atoms with Crippen molar-refractivity contribution >= 4 is 11.6 Å². The molecule has 0 bridgehead atoms. The van der Waals surface area contributed by atoms with Gasteiger partial charge in [0.05, 0.1) is 0 Å². The van der Waals surface area contributed by atoms with Crippen LogP contribution in [0.15, 0.2) is 4.42 Å². The third kappa shape index (κ3) is 2.03. The molecule has 0 saturated heterocycles. The van der Waals surface area contributed by atoms with Gasteiger partial charge in [-0.25, -0.2) is 0 Å². The first-order valence-corrected chi connectivity index (χ1v) is 5.92. The molecule has 84 valence electrons. The van der Waals surface area contributed by atoms with E-state index in [9.17, 15) is 0 Å². The molecular weight excluding hydrogens is 212 g/mol. The highest BCUT2D eigenvalue weighted by atomic mass is 35.5. The van der Waals surface area contributed by atoms with E-state index < -0.39 is 0 Å². The highest BCUT2D eigenvalue weighted by molar-refractivity contribution is 6.20. The summed E-state index contributed by atoms with van der Waals surface area (Å²) in [5, 5.41) is 7.89. The molecule has 4 heteroatoms. The summed E-state index contributed by atoms with van der Waals surface area (Å²) < 4.78 is 5.61. The van der Waals surface area contributed by atoms with Gasteiger partial charge >= 0.3 is 0 Å². The Morgan fingerprint density at radius 1 is 1.47 bits per heavy atom. The van der Waals surface area contributed by atoms with Crippen molar-refractivity contribution in [3.63, 3.8) is 0 Å². The molecule has 0 N–H and O–H groups in total. The first-order valence-electron chi connectivity index (χ1n) is 5.48. The molecule has 0 amide bonds. The van der Waals surface area contributed by atoms with Gasteiger partial charge in [-0.15, -0.1) is 21.8 Å². The Labute approximate surface area is 95.2 Å². The van der Waals surface area contributed by atoms with Crippen LogP contribution >= 0.6 is 11.6 Å². The van der Waals surface area contributed by atoms with Gasteiger partial charge in [0.25, 0.3) is 0 Å². The van der Waals surface area contributed by atoms with E-state index in [-0.39, 0.29) is 10.8 Å². The van der Waals surface area contributed by atoms with Gasteiger partial charge in [0.2, 0.25) is 11.8 Å². The molecule has 1 aromatic rings. The van der Waals surface area contributed by atoms with E-state index in [1.165, 1.54) is 12.8 Å². The lowest BCUT2D eigenvalue weighted by molar-refractivity contribution is 0.280. The molecule has 0 spiro atoms. The van der Waals surface area contributed by atoms with Gasteiger partial charge in [-0.05, 0) is 25.2 Å². The van der Waals surface area contributed by atoms with Crippen LogP contribution in [0, 0.1) is 5.41 Å². The van der Waals surface area contributed by atoms with Crippen molar-refractivity contribution in [2.75, 3.05) is 0 Å². The predicted octanol–water partition coefficient (Wildman–Crippen LogP) is 3.66. The second-order valence-corrected chi connectivity index (χ2v) is 5.68. The molecule has 1 heterocycles. The Kier molecular flexibility index (Phi) is 2.75. The lowest BCUT2D eigenvalue weighted by Crippen LogP contribution is -2.15. The number of aromatic nitrogens is 2. The number of hydrogen-bond acceptors (Lipinski definition) is 3. The molecule has 1 fully saturated rings. The Balaban J connectivity index is 2.22. The Bertz CT molecular complexity index is 346. The Hall–Kier alpha value is -0.570. The quantitative estimate of drug-likeness (QED) is 0.725. The van der Waals surface area contributed by atoms with Crippen LogP contribution in [0.25, 0.3) is 0 Å². The normalized spacial score (nSPS) is 26.8. The third-order valence-electron chi connectivity index (χ3n) is 3.35. The molecule has 1 saturated carbocycles. The molecule has 0 aromatic carbocycles. The minimum Gasteiger partial charge on any atom is -0.423 e. The monoisotopic (exact) mass is 228 g/mol. The number of halogens is 1. The maximum absolute atomic E-state index is 5.90. The standard InChI is InChI=1S/C11H17ClN2O/c1-7(12)9-13-14-10(15-9)8-5-4-6-11(8,2)3/h7-8H,4-6H2,1-3H3.